The number of hydrogen-bond acceptors (Lipinski definition) is 13. The van der Waals surface area contributed by atoms with Crippen molar-refractivity contribution in [3.05, 3.63) is 9.81 Å². The fourth-order valence-electron chi connectivity index (χ4n) is 2.14. The van der Waals surface area contributed by atoms with E-state index in [1.807, 2.05) is 0 Å². The number of nitrogens with one attached hydrogen (secondary N) is 3. The zero-order valence-corrected chi connectivity index (χ0v) is 21.1. The minimum Gasteiger partial charge on any atom is -0.480 e. The number of carboxylic acid groups (broad SMARTS) is 3. The van der Waals surface area contributed by atoms with Crippen molar-refractivity contribution in [1.29, 1.82) is 0 Å². The molecule has 8 N–H and O–H groups in total. The van der Waals surface area contributed by atoms with Gasteiger partial charge in [0.15, 0.2) is 0 Å². The smallest absolute Gasteiger partial charge is 0.327 e. The fourth-order valence-corrected chi connectivity index (χ4v) is 3.04. The largest absolute Gasteiger partial charge is 0.480 e. The van der Waals surface area contributed by atoms with Gasteiger partial charge in [0.05, 0.1) is 4.75 Å². The second kappa shape index (κ2) is 18.0. The average molecular weight is 557 g/mol. The zero-order valence-electron chi connectivity index (χ0n) is 19.5. The maximum absolute atomic E-state index is 11.7. The van der Waals surface area contributed by atoms with E-state index in [2.05, 4.69) is 25.1 Å². The van der Waals surface area contributed by atoms with E-state index in [1.165, 1.54) is 20.8 Å². The number of carbonyl (C=O) groups is 6. The van der Waals surface area contributed by atoms with Crippen LogP contribution in [0.3, 0.4) is 0 Å². The summed E-state index contributed by atoms with van der Waals surface area (Å²) in [6.07, 6.45) is -0.376. The van der Waals surface area contributed by atoms with E-state index >= 15 is 0 Å². The molecule has 0 aromatic rings. The molecule has 0 fully saturated rings. The highest BCUT2D eigenvalue weighted by Crippen LogP contribution is 2.29. The van der Waals surface area contributed by atoms with Crippen molar-refractivity contribution in [2.24, 2.45) is 14.9 Å². The fraction of sp³-hybridized carbons (Fsp3) is 0.647. The van der Waals surface area contributed by atoms with Crippen LogP contribution in [0.25, 0.3) is 0 Å². The molecule has 0 aliphatic carbocycles. The van der Waals surface area contributed by atoms with Crippen LogP contribution in [-0.2, 0) is 28.8 Å². The van der Waals surface area contributed by atoms with Gasteiger partial charge in [-0.15, -0.1) is 9.81 Å². The van der Waals surface area contributed by atoms with Crippen LogP contribution in [0.1, 0.15) is 33.6 Å². The molecule has 19 heteroatoms. The van der Waals surface area contributed by atoms with Gasteiger partial charge in [0.1, 0.15) is 24.7 Å². The lowest BCUT2D eigenvalue weighted by Gasteiger charge is -2.27. The van der Waals surface area contributed by atoms with Crippen LogP contribution in [0.15, 0.2) is 9.16 Å². The summed E-state index contributed by atoms with van der Waals surface area (Å²) in [5.74, 6) is -5.83. The maximum atomic E-state index is 11.7. The molecular weight excluding hydrogens is 528 g/mol. The van der Waals surface area contributed by atoms with Gasteiger partial charge in [-0.2, -0.15) is 0 Å². The van der Waals surface area contributed by atoms with Crippen LogP contribution < -0.4 is 21.7 Å². The molecule has 0 rings (SSSR count). The monoisotopic (exact) mass is 556 g/mol. The number of rotatable bonds is 16. The number of nitroso groups, excluding NO2 is 2. The van der Waals surface area contributed by atoms with Crippen molar-refractivity contribution in [2.45, 2.75) is 56.5 Å². The van der Waals surface area contributed by atoms with Crippen molar-refractivity contribution < 1.29 is 44.1 Å². The quantitative estimate of drug-likeness (QED) is 0.0891. The summed E-state index contributed by atoms with van der Waals surface area (Å²) in [5.41, 5.74) is 5.23. The summed E-state index contributed by atoms with van der Waals surface area (Å²) >= 11 is 1.06. The average Bonchev–Trinajstić information content (AvgIpc) is 2.76. The van der Waals surface area contributed by atoms with Gasteiger partial charge >= 0.3 is 17.9 Å². The molecule has 0 radical (unpaired) electrons. The van der Waals surface area contributed by atoms with Crippen LogP contribution >= 0.6 is 23.9 Å². The number of carboxylic acids is 3. The minimum absolute atomic E-state index is 0.135. The van der Waals surface area contributed by atoms with E-state index in [4.69, 9.17) is 21.1 Å². The van der Waals surface area contributed by atoms with Crippen LogP contribution in [-0.4, -0.2) is 86.1 Å². The molecule has 204 valence electrons. The van der Waals surface area contributed by atoms with Crippen molar-refractivity contribution in [1.82, 2.24) is 16.0 Å². The van der Waals surface area contributed by atoms with E-state index in [1.54, 1.807) is 0 Å². The Kier molecular flexibility index (Phi) is 17.4. The number of hydrogen-bond donors (Lipinski definition) is 7. The molecule has 0 aromatic carbocycles. The van der Waals surface area contributed by atoms with E-state index in [0.29, 0.717) is 23.9 Å². The van der Waals surface area contributed by atoms with Crippen LogP contribution in [0, 0.1) is 9.81 Å². The predicted octanol–water partition coefficient (Wildman–Crippen LogP) is -0.952. The molecule has 0 saturated carbocycles. The Balaban J connectivity index is 0. The van der Waals surface area contributed by atoms with Gasteiger partial charge in [0, 0.05) is 52.2 Å². The van der Waals surface area contributed by atoms with Crippen LogP contribution in [0.2, 0.25) is 0 Å². The van der Waals surface area contributed by atoms with Crippen molar-refractivity contribution in [3.63, 3.8) is 0 Å². The van der Waals surface area contributed by atoms with Gasteiger partial charge in [0.25, 0.3) is 0 Å². The van der Waals surface area contributed by atoms with Gasteiger partial charge < -0.3 is 37.0 Å². The first kappa shape index (κ1) is 34.8. The third kappa shape index (κ3) is 16.3. The lowest BCUT2D eigenvalue weighted by Crippen LogP contribution is -2.51. The third-order valence-electron chi connectivity index (χ3n) is 3.92. The summed E-state index contributed by atoms with van der Waals surface area (Å²) in [7, 11) is 0. The van der Waals surface area contributed by atoms with Gasteiger partial charge in [-0.1, -0.05) is 0 Å². The number of nitrogens with two attached hydrogens (primary N) is 1. The van der Waals surface area contributed by atoms with Crippen LogP contribution in [0.5, 0.6) is 0 Å². The zero-order chi connectivity index (χ0) is 28.5. The van der Waals surface area contributed by atoms with Crippen molar-refractivity contribution >= 4 is 59.5 Å². The predicted molar refractivity (Wildman–Crippen MR) is 128 cm³/mol. The molecule has 3 atom stereocenters. The first-order valence-corrected chi connectivity index (χ1v) is 11.5. The van der Waals surface area contributed by atoms with Crippen molar-refractivity contribution in [3.8, 4) is 0 Å². The summed E-state index contributed by atoms with van der Waals surface area (Å²) in [4.78, 5) is 85.8. The molecule has 36 heavy (non-hydrogen) atoms. The van der Waals surface area contributed by atoms with E-state index in [9.17, 15) is 38.6 Å². The first-order valence-electron chi connectivity index (χ1n) is 9.81. The number of nitrogens with zero attached hydrogens (tertiary/aromatic N) is 2. The highest BCUT2D eigenvalue weighted by Gasteiger charge is 2.37. The molecule has 0 aromatic heterocycles. The molecule has 3 amide bonds. The second-order valence-corrected chi connectivity index (χ2v) is 9.45. The molecule has 0 heterocycles. The Labute approximate surface area is 213 Å². The summed E-state index contributed by atoms with van der Waals surface area (Å²) < 4.78 is 4.08. The third-order valence-corrected chi connectivity index (χ3v) is 5.29. The standard InChI is InChI=1S/C10H16N4O7S.C7H12N2O4S/c11-5(10(19)20)1-2-7(15)13-6(4-22-14-21)9(18)12-3-8(16)17;1-4(10)8-5(6(11)12)7(2,3)14-9-13/h5-6H,1-4,11H2,(H,12,18)(H,13,15)(H,16,17)(H,19,20);5H,1-3H3,(H,8,10)(H,11,12)/t5-,6-;5-/m01/s1. The minimum atomic E-state index is -1.27. The summed E-state index contributed by atoms with van der Waals surface area (Å²) in [6.45, 7) is 3.61. The number of aliphatic carboxylic acids is 3. The molecule has 0 aliphatic heterocycles. The summed E-state index contributed by atoms with van der Waals surface area (Å²) in [6, 6.07) is -3.52. The van der Waals surface area contributed by atoms with Crippen molar-refractivity contribution in [2.75, 3.05) is 12.3 Å². The SMILES string of the molecule is CC(=O)N[C@H](C(=O)O)C(C)(C)SN=O.N[C@@H](CCC(=O)N[C@@H](CSN=O)C(=O)NCC(=O)O)C(=O)O. The first-order chi connectivity index (χ1) is 16.6. The summed E-state index contributed by atoms with van der Waals surface area (Å²) in [5, 5.41) is 32.4. The van der Waals surface area contributed by atoms with E-state index < -0.39 is 65.0 Å². The Morgan fingerprint density at radius 3 is 1.97 bits per heavy atom. The Morgan fingerprint density at radius 1 is 0.972 bits per heavy atom. The maximum Gasteiger partial charge on any atom is 0.327 e. The van der Waals surface area contributed by atoms with Gasteiger partial charge in [0.2, 0.25) is 17.7 Å². The van der Waals surface area contributed by atoms with E-state index in [0.717, 1.165) is 0 Å². The molecule has 0 unspecified atom stereocenters. The van der Waals surface area contributed by atoms with Gasteiger partial charge in [-0.3, -0.25) is 24.0 Å². The number of carbonyl (C=O) groups excluding carboxylic acids is 3. The molecule has 0 spiro atoms. The van der Waals surface area contributed by atoms with Crippen LogP contribution in [0.4, 0.5) is 0 Å². The lowest BCUT2D eigenvalue weighted by atomic mass is 10.0. The molecule has 0 bridgehead atoms. The number of amides is 3. The normalized spacial score (nSPS) is 12.9. The topological polar surface area (TPSA) is 284 Å². The van der Waals surface area contributed by atoms with E-state index in [-0.39, 0.29) is 18.6 Å². The Bertz CT molecular complexity index is 827. The molecular formula is C17H28N6O11S2. The second-order valence-electron chi connectivity index (χ2n) is 7.33. The highest BCUT2D eigenvalue weighted by molar-refractivity contribution is 7.99. The highest BCUT2D eigenvalue weighted by atomic mass is 32.2. The molecule has 0 aliphatic rings. The molecule has 0 saturated heterocycles. The van der Waals surface area contributed by atoms with Gasteiger partial charge in [-0.25, -0.2) is 4.79 Å². The lowest BCUT2D eigenvalue weighted by molar-refractivity contribution is -0.142. The molecule has 17 nitrogen and oxygen atoms in total. The van der Waals surface area contributed by atoms with Gasteiger partial charge in [-0.05, 0) is 20.3 Å². The Hall–Kier alpha value is -3.32. The Morgan fingerprint density at radius 2 is 1.56 bits per heavy atom.